The van der Waals surface area contributed by atoms with Crippen LogP contribution in [0.15, 0.2) is 12.3 Å². The van der Waals surface area contributed by atoms with E-state index in [0.29, 0.717) is 6.04 Å². The molecule has 1 atom stereocenters. The zero-order chi connectivity index (χ0) is 13.7. The third-order valence-corrected chi connectivity index (χ3v) is 4.51. The lowest BCUT2D eigenvalue weighted by Gasteiger charge is -2.37. The van der Waals surface area contributed by atoms with Crippen LogP contribution in [0.1, 0.15) is 57.7 Å². The fourth-order valence-electron chi connectivity index (χ4n) is 2.51. The topological polar surface area (TPSA) is 21.1 Å². The van der Waals surface area contributed by atoms with Gasteiger partial charge >= 0.3 is 0 Å². The van der Waals surface area contributed by atoms with Crippen molar-refractivity contribution in [3.05, 3.63) is 18.0 Å². The lowest BCUT2D eigenvalue weighted by molar-refractivity contribution is 0.118. The van der Waals surface area contributed by atoms with E-state index in [0.717, 1.165) is 37.9 Å². The Kier molecular flexibility index (Phi) is 5.71. The van der Waals surface area contributed by atoms with Crippen molar-refractivity contribution in [1.29, 1.82) is 0 Å². The van der Waals surface area contributed by atoms with E-state index < -0.39 is 0 Å². The van der Waals surface area contributed by atoms with Gasteiger partial charge in [-0.05, 0) is 45.2 Å². The van der Waals surface area contributed by atoms with Crippen molar-refractivity contribution in [2.75, 3.05) is 12.4 Å². The van der Waals surface area contributed by atoms with Gasteiger partial charge in [-0.1, -0.05) is 13.3 Å². The Morgan fingerprint density at radius 1 is 1.53 bits per heavy atom. The number of hydrogen-bond donors (Lipinski definition) is 0. The van der Waals surface area contributed by atoms with Gasteiger partial charge in [0.15, 0.2) is 0 Å². The number of halogens is 1. The molecule has 0 bridgehead atoms. The van der Waals surface area contributed by atoms with E-state index in [2.05, 4.69) is 35.7 Å². The Morgan fingerprint density at radius 3 is 2.89 bits per heavy atom. The summed E-state index contributed by atoms with van der Waals surface area (Å²) in [6.07, 6.45) is 8.37. The molecule has 1 saturated carbocycles. The van der Waals surface area contributed by atoms with Gasteiger partial charge < -0.3 is 0 Å². The summed E-state index contributed by atoms with van der Waals surface area (Å²) in [6.45, 7) is 6.50. The SMILES string of the molecule is CCC(C)n1ccc(CN(CCCCl)C2CCC2)n1. The van der Waals surface area contributed by atoms with Crippen molar-refractivity contribution in [1.82, 2.24) is 14.7 Å². The third kappa shape index (κ3) is 3.96. The normalized spacial score (nSPS) is 17.7. The molecule has 2 rings (SSSR count). The van der Waals surface area contributed by atoms with E-state index in [-0.39, 0.29) is 0 Å². The summed E-state index contributed by atoms with van der Waals surface area (Å²) in [5.74, 6) is 0.754. The van der Waals surface area contributed by atoms with Crippen molar-refractivity contribution in [2.45, 2.75) is 64.6 Å². The minimum atomic E-state index is 0.494. The second-order valence-electron chi connectivity index (χ2n) is 5.64. The van der Waals surface area contributed by atoms with Gasteiger partial charge in [0.05, 0.1) is 5.69 Å². The highest BCUT2D eigenvalue weighted by Gasteiger charge is 2.25. The Bertz CT molecular complexity index is 373. The minimum Gasteiger partial charge on any atom is -0.294 e. The molecule has 1 heterocycles. The summed E-state index contributed by atoms with van der Waals surface area (Å²) in [5, 5.41) is 4.71. The van der Waals surface area contributed by atoms with Crippen molar-refractivity contribution < 1.29 is 0 Å². The van der Waals surface area contributed by atoms with Crippen molar-refractivity contribution in [2.24, 2.45) is 0 Å². The molecular formula is C15H26ClN3. The fraction of sp³-hybridized carbons (Fsp3) is 0.800. The molecule has 0 amide bonds. The first-order valence-corrected chi connectivity index (χ1v) is 8.12. The maximum Gasteiger partial charge on any atom is 0.0764 e. The second-order valence-corrected chi connectivity index (χ2v) is 6.02. The van der Waals surface area contributed by atoms with E-state index in [1.165, 1.54) is 25.0 Å². The van der Waals surface area contributed by atoms with Gasteiger partial charge in [-0.3, -0.25) is 9.58 Å². The molecule has 0 spiro atoms. The lowest BCUT2D eigenvalue weighted by Crippen LogP contribution is -2.40. The first-order valence-electron chi connectivity index (χ1n) is 7.58. The molecule has 3 nitrogen and oxygen atoms in total. The van der Waals surface area contributed by atoms with Crippen molar-refractivity contribution in [3.8, 4) is 0 Å². The third-order valence-electron chi connectivity index (χ3n) is 4.24. The van der Waals surface area contributed by atoms with Crippen LogP contribution in [0.2, 0.25) is 0 Å². The van der Waals surface area contributed by atoms with Gasteiger partial charge in [0.1, 0.15) is 0 Å². The van der Waals surface area contributed by atoms with Crippen LogP contribution < -0.4 is 0 Å². The van der Waals surface area contributed by atoms with Gasteiger partial charge in [0, 0.05) is 30.7 Å². The Morgan fingerprint density at radius 2 is 2.32 bits per heavy atom. The van der Waals surface area contributed by atoms with Crippen LogP contribution in [0.4, 0.5) is 0 Å². The van der Waals surface area contributed by atoms with Crippen LogP contribution in [-0.2, 0) is 6.54 Å². The Hall–Kier alpha value is -0.540. The number of alkyl halides is 1. The van der Waals surface area contributed by atoms with Crippen LogP contribution in [0, 0.1) is 0 Å². The molecule has 1 aliphatic carbocycles. The van der Waals surface area contributed by atoms with Crippen LogP contribution in [0.3, 0.4) is 0 Å². The summed E-state index contributed by atoms with van der Waals surface area (Å²) < 4.78 is 2.09. The van der Waals surface area contributed by atoms with Crippen molar-refractivity contribution in [3.63, 3.8) is 0 Å². The fourth-order valence-corrected chi connectivity index (χ4v) is 2.63. The van der Waals surface area contributed by atoms with Gasteiger partial charge in [0.2, 0.25) is 0 Å². The zero-order valence-electron chi connectivity index (χ0n) is 12.2. The van der Waals surface area contributed by atoms with E-state index in [1.54, 1.807) is 0 Å². The summed E-state index contributed by atoms with van der Waals surface area (Å²) >= 11 is 5.83. The summed E-state index contributed by atoms with van der Waals surface area (Å²) in [6, 6.07) is 3.42. The monoisotopic (exact) mass is 283 g/mol. The minimum absolute atomic E-state index is 0.494. The maximum atomic E-state index is 5.83. The molecule has 0 aromatic carbocycles. The number of aromatic nitrogens is 2. The summed E-state index contributed by atoms with van der Waals surface area (Å²) in [5.41, 5.74) is 1.20. The first-order chi connectivity index (χ1) is 9.24. The Labute approximate surface area is 121 Å². The molecule has 19 heavy (non-hydrogen) atoms. The molecule has 1 aliphatic rings. The smallest absolute Gasteiger partial charge is 0.0764 e. The highest BCUT2D eigenvalue weighted by molar-refractivity contribution is 6.17. The summed E-state index contributed by atoms with van der Waals surface area (Å²) in [7, 11) is 0. The number of rotatable bonds is 8. The maximum absolute atomic E-state index is 5.83. The van der Waals surface area contributed by atoms with Crippen LogP contribution in [-0.4, -0.2) is 33.1 Å². The standard InChI is InChI=1S/C15H26ClN3/c1-3-13(2)19-11-8-14(17-19)12-18(10-5-9-16)15-6-4-7-15/h8,11,13,15H,3-7,9-10,12H2,1-2H3. The summed E-state index contributed by atoms with van der Waals surface area (Å²) in [4.78, 5) is 2.56. The van der Waals surface area contributed by atoms with E-state index >= 15 is 0 Å². The molecule has 4 heteroatoms. The molecule has 1 aromatic heterocycles. The second kappa shape index (κ2) is 7.30. The zero-order valence-corrected chi connectivity index (χ0v) is 12.9. The predicted octanol–water partition coefficient (Wildman–Crippen LogP) is 3.84. The van der Waals surface area contributed by atoms with Gasteiger partial charge in [-0.15, -0.1) is 11.6 Å². The predicted molar refractivity (Wildman–Crippen MR) is 80.6 cm³/mol. The molecule has 0 N–H and O–H groups in total. The molecule has 0 radical (unpaired) electrons. The first kappa shape index (κ1) is 14.9. The Balaban J connectivity index is 1.93. The average Bonchev–Trinajstić information content (AvgIpc) is 2.81. The molecule has 1 fully saturated rings. The van der Waals surface area contributed by atoms with E-state index in [1.807, 2.05) is 0 Å². The van der Waals surface area contributed by atoms with E-state index in [4.69, 9.17) is 16.7 Å². The highest BCUT2D eigenvalue weighted by Crippen LogP contribution is 2.26. The van der Waals surface area contributed by atoms with Crippen LogP contribution >= 0.6 is 11.6 Å². The molecule has 0 aliphatic heterocycles. The number of nitrogens with zero attached hydrogens (tertiary/aromatic N) is 3. The molecular weight excluding hydrogens is 258 g/mol. The van der Waals surface area contributed by atoms with E-state index in [9.17, 15) is 0 Å². The van der Waals surface area contributed by atoms with Gasteiger partial charge in [-0.25, -0.2) is 0 Å². The van der Waals surface area contributed by atoms with Crippen LogP contribution in [0.5, 0.6) is 0 Å². The van der Waals surface area contributed by atoms with Crippen LogP contribution in [0.25, 0.3) is 0 Å². The lowest BCUT2D eigenvalue weighted by atomic mass is 9.91. The average molecular weight is 284 g/mol. The molecule has 0 saturated heterocycles. The highest BCUT2D eigenvalue weighted by atomic mass is 35.5. The van der Waals surface area contributed by atoms with Crippen molar-refractivity contribution >= 4 is 11.6 Å². The number of hydrogen-bond acceptors (Lipinski definition) is 2. The largest absolute Gasteiger partial charge is 0.294 e. The van der Waals surface area contributed by atoms with Gasteiger partial charge in [-0.2, -0.15) is 5.10 Å². The molecule has 1 unspecified atom stereocenters. The molecule has 1 aromatic rings. The van der Waals surface area contributed by atoms with Gasteiger partial charge in [0.25, 0.3) is 0 Å². The quantitative estimate of drug-likeness (QED) is 0.676. The molecule has 108 valence electrons.